The largest absolute Gasteiger partial charge is 0.330 e. The smallest absolute Gasteiger partial charge is 0.256 e. The van der Waals surface area contributed by atoms with Crippen LogP contribution in [0.3, 0.4) is 0 Å². The first kappa shape index (κ1) is 12.8. The lowest BCUT2D eigenvalue weighted by Gasteiger charge is -2.08. The molecule has 27 heavy (non-hydrogen) atoms. The quantitative estimate of drug-likeness (QED) is 0.601. The van der Waals surface area contributed by atoms with Gasteiger partial charge in [-0.05, 0) is 38.1 Å². The maximum atomic E-state index is 12.8. The molecule has 0 fully saturated rings. The van der Waals surface area contributed by atoms with Gasteiger partial charge in [0.1, 0.15) is 11.6 Å². The second kappa shape index (κ2) is 6.64. The van der Waals surface area contributed by atoms with Crippen molar-refractivity contribution in [1.82, 2.24) is 19.5 Å². The molecular weight excluding hydrogens is 338 g/mol. The Morgan fingerprint density at radius 3 is 2.59 bits per heavy atom. The number of pyridine rings is 2. The molecule has 0 aliphatic heterocycles. The van der Waals surface area contributed by atoms with Gasteiger partial charge in [0.05, 0.1) is 28.6 Å². The summed E-state index contributed by atoms with van der Waals surface area (Å²) in [5.74, 6) is 0.292. The van der Waals surface area contributed by atoms with Crippen molar-refractivity contribution in [1.29, 1.82) is 0 Å². The SMILES string of the molecule is [2H]c1c([2H])c(C(=O)Nc2cc3nc(-c4cnc(C)n4C)ccc3cn2)c([2H])c([2H])c1C. The van der Waals surface area contributed by atoms with E-state index in [0.717, 1.165) is 22.6 Å². The van der Waals surface area contributed by atoms with Crippen molar-refractivity contribution in [2.45, 2.75) is 13.8 Å². The zero-order valence-corrected chi connectivity index (χ0v) is 15.1. The fourth-order valence-electron chi connectivity index (χ4n) is 2.63. The first-order chi connectivity index (χ1) is 14.7. The zero-order chi connectivity index (χ0) is 22.4. The summed E-state index contributed by atoms with van der Waals surface area (Å²) in [6.45, 7) is 3.39. The van der Waals surface area contributed by atoms with Gasteiger partial charge in [-0.3, -0.25) is 4.79 Å². The minimum atomic E-state index is -0.762. The number of aromatic nitrogens is 4. The maximum Gasteiger partial charge on any atom is 0.256 e. The van der Waals surface area contributed by atoms with Crippen molar-refractivity contribution in [2.24, 2.45) is 7.05 Å². The van der Waals surface area contributed by atoms with E-state index in [1.54, 1.807) is 18.5 Å². The third kappa shape index (κ3) is 3.29. The van der Waals surface area contributed by atoms with Gasteiger partial charge in [0.25, 0.3) is 5.91 Å². The summed E-state index contributed by atoms with van der Waals surface area (Å²) in [4.78, 5) is 25.9. The van der Waals surface area contributed by atoms with Gasteiger partial charge in [-0.15, -0.1) is 0 Å². The van der Waals surface area contributed by atoms with E-state index < -0.39 is 5.91 Å². The number of carbonyl (C=O) groups excluding carboxylic acids is 1. The predicted octanol–water partition coefficient (Wildman–Crippen LogP) is 3.90. The highest BCUT2D eigenvalue weighted by molar-refractivity contribution is 6.04. The van der Waals surface area contributed by atoms with Gasteiger partial charge < -0.3 is 9.88 Å². The number of fused-ring (bicyclic) bond motifs is 1. The monoisotopic (exact) mass is 361 g/mol. The average molecular weight is 361 g/mol. The summed E-state index contributed by atoms with van der Waals surface area (Å²) < 4.78 is 33.9. The van der Waals surface area contributed by atoms with Crippen LogP contribution in [0.5, 0.6) is 0 Å². The second-order valence-corrected chi connectivity index (χ2v) is 6.16. The van der Waals surface area contributed by atoms with Gasteiger partial charge in [-0.25, -0.2) is 15.0 Å². The van der Waals surface area contributed by atoms with E-state index in [1.165, 1.54) is 6.92 Å². The fourth-order valence-corrected chi connectivity index (χ4v) is 2.63. The van der Waals surface area contributed by atoms with Gasteiger partial charge in [-0.1, -0.05) is 17.6 Å². The number of rotatable bonds is 3. The lowest BCUT2D eigenvalue weighted by Crippen LogP contribution is -2.12. The van der Waals surface area contributed by atoms with E-state index in [0.29, 0.717) is 5.52 Å². The van der Waals surface area contributed by atoms with Crippen molar-refractivity contribution < 1.29 is 10.3 Å². The van der Waals surface area contributed by atoms with Crippen molar-refractivity contribution in [3.8, 4) is 11.4 Å². The molecular formula is C21H19N5O. The molecule has 6 heteroatoms. The van der Waals surface area contributed by atoms with Crippen LogP contribution >= 0.6 is 0 Å². The van der Waals surface area contributed by atoms with Crippen LogP contribution in [0.1, 0.15) is 27.2 Å². The standard InChI is InChI=1S/C21H19N5O/c1-13-4-6-15(7-5-13)21(27)25-20-10-18-16(11-23-20)8-9-17(24-18)19-12-22-14(2)26(19)3/h4-12H,1-3H3,(H,23,25,27)/i4D,5D,6D,7D. The topological polar surface area (TPSA) is 72.7 Å². The molecule has 0 aliphatic carbocycles. The first-order valence-corrected chi connectivity index (χ1v) is 8.32. The van der Waals surface area contributed by atoms with Crippen LogP contribution in [0.25, 0.3) is 22.3 Å². The Labute approximate surface area is 162 Å². The van der Waals surface area contributed by atoms with Crippen molar-refractivity contribution >= 4 is 22.6 Å². The Hall–Kier alpha value is -3.54. The third-order valence-electron chi connectivity index (χ3n) is 4.28. The van der Waals surface area contributed by atoms with Crippen LogP contribution in [0.15, 0.2) is 54.8 Å². The highest BCUT2D eigenvalue weighted by Crippen LogP contribution is 2.22. The number of hydrogen-bond donors (Lipinski definition) is 1. The predicted molar refractivity (Wildman–Crippen MR) is 106 cm³/mol. The van der Waals surface area contributed by atoms with Crippen molar-refractivity contribution in [2.75, 3.05) is 5.32 Å². The number of anilines is 1. The van der Waals surface area contributed by atoms with Gasteiger partial charge in [0, 0.05) is 30.3 Å². The van der Waals surface area contributed by atoms with Crippen molar-refractivity contribution in [3.05, 3.63) is 71.7 Å². The number of aryl methyl sites for hydroxylation is 1. The molecule has 0 unspecified atom stereocenters. The van der Waals surface area contributed by atoms with E-state index in [9.17, 15) is 4.79 Å². The summed E-state index contributed by atoms with van der Waals surface area (Å²) in [6, 6.07) is 4.10. The second-order valence-electron chi connectivity index (χ2n) is 6.16. The Balaban J connectivity index is 1.71. The number of nitrogens with zero attached hydrogens (tertiary/aromatic N) is 4. The molecule has 0 aliphatic rings. The highest BCUT2D eigenvalue weighted by atomic mass is 16.1. The Kier molecular flexibility index (Phi) is 3.14. The summed E-state index contributed by atoms with van der Waals surface area (Å²) in [6.07, 6.45) is 3.31. The molecule has 1 amide bonds. The maximum absolute atomic E-state index is 12.8. The fraction of sp³-hybridized carbons (Fsp3) is 0.143. The molecule has 6 nitrogen and oxygen atoms in total. The molecule has 3 heterocycles. The molecule has 4 rings (SSSR count). The van der Waals surface area contributed by atoms with Gasteiger partial charge in [0.15, 0.2) is 0 Å². The third-order valence-corrected chi connectivity index (χ3v) is 4.28. The molecule has 0 bridgehead atoms. The molecule has 0 radical (unpaired) electrons. The summed E-state index contributed by atoms with van der Waals surface area (Å²) >= 11 is 0. The Bertz CT molecular complexity index is 1340. The molecule has 0 saturated carbocycles. The summed E-state index contributed by atoms with van der Waals surface area (Å²) in [5.41, 5.74) is 2.04. The average Bonchev–Trinajstić information content (AvgIpc) is 3.09. The highest BCUT2D eigenvalue weighted by Gasteiger charge is 2.10. The molecule has 0 spiro atoms. The van der Waals surface area contributed by atoms with Crippen molar-refractivity contribution in [3.63, 3.8) is 0 Å². The van der Waals surface area contributed by atoms with Gasteiger partial charge >= 0.3 is 0 Å². The van der Waals surface area contributed by atoms with Crippen LogP contribution in [0.4, 0.5) is 5.82 Å². The van der Waals surface area contributed by atoms with Gasteiger partial charge in [0.2, 0.25) is 0 Å². The minimum absolute atomic E-state index is 0.192. The van der Waals surface area contributed by atoms with E-state index in [1.807, 2.05) is 30.7 Å². The van der Waals surface area contributed by atoms with E-state index >= 15 is 0 Å². The Morgan fingerprint density at radius 2 is 1.89 bits per heavy atom. The molecule has 4 aromatic rings. The molecule has 0 saturated heterocycles. The van der Waals surface area contributed by atoms with Crippen LogP contribution in [0.2, 0.25) is 0 Å². The zero-order valence-electron chi connectivity index (χ0n) is 19.1. The minimum Gasteiger partial charge on any atom is -0.330 e. The first-order valence-electron chi connectivity index (χ1n) is 10.3. The molecule has 1 N–H and O–H groups in total. The molecule has 0 atom stereocenters. The van der Waals surface area contributed by atoms with Gasteiger partial charge in [-0.2, -0.15) is 0 Å². The number of amides is 1. The number of nitrogens with one attached hydrogen (secondary N) is 1. The van der Waals surface area contributed by atoms with Crippen LogP contribution in [-0.2, 0) is 7.05 Å². The molecule has 3 aromatic heterocycles. The molecule has 134 valence electrons. The normalized spacial score (nSPS) is 13.0. The number of imidazole rings is 1. The Morgan fingerprint density at radius 1 is 1.11 bits per heavy atom. The lowest BCUT2D eigenvalue weighted by atomic mass is 10.1. The van der Waals surface area contributed by atoms with Crippen LogP contribution in [-0.4, -0.2) is 25.4 Å². The summed E-state index contributed by atoms with van der Waals surface area (Å²) in [7, 11) is 1.90. The number of carbonyl (C=O) groups is 1. The van der Waals surface area contributed by atoms with E-state index in [2.05, 4.69) is 20.3 Å². The number of benzene rings is 1. The van der Waals surface area contributed by atoms with E-state index in [-0.39, 0.29) is 41.1 Å². The lowest BCUT2D eigenvalue weighted by molar-refractivity contribution is 0.102. The summed E-state index contributed by atoms with van der Waals surface area (Å²) in [5, 5.41) is 3.34. The van der Waals surface area contributed by atoms with Crippen LogP contribution < -0.4 is 5.32 Å². The van der Waals surface area contributed by atoms with Crippen LogP contribution in [0, 0.1) is 13.8 Å². The van der Waals surface area contributed by atoms with E-state index in [4.69, 9.17) is 5.48 Å². The molecule has 1 aromatic carbocycles. The number of hydrogen-bond acceptors (Lipinski definition) is 4.